The van der Waals surface area contributed by atoms with Crippen molar-refractivity contribution < 1.29 is 19.0 Å². The highest BCUT2D eigenvalue weighted by Gasteiger charge is 2.56. The fourth-order valence-corrected chi connectivity index (χ4v) is 7.40. The largest absolute Gasteiger partial charge is 0.493 e. The maximum atomic E-state index is 13.9. The molecule has 1 amide bonds. The lowest BCUT2D eigenvalue weighted by Crippen LogP contribution is -2.46. The molecule has 7 nitrogen and oxygen atoms in total. The molecule has 1 aliphatic heterocycles. The Labute approximate surface area is 219 Å². The van der Waals surface area contributed by atoms with E-state index in [1.165, 1.54) is 13.3 Å². The molecule has 1 saturated carbocycles. The van der Waals surface area contributed by atoms with Gasteiger partial charge < -0.3 is 24.4 Å². The van der Waals surface area contributed by atoms with Crippen molar-refractivity contribution in [1.29, 1.82) is 0 Å². The summed E-state index contributed by atoms with van der Waals surface area (Å²) in [5.74, 6) is 1.53. The van der Waals surface area contributed by atoms with Crippen LogP contribution in [0.5, 0.6) is 17.2 Å². The number of anilines is 1. The Bertz CT molecular complexity index is 1320. The number of fused-ring (bicyclic) bond motifs is 5. The molecule has 1 saturated heterocycles. The van der Waals surface area contributed by atoms with Crippen LogP contribution in [-0.2, 0) is 11.2 Å². The average molecular weight is 507 g/mol. The van der Waals surface area contributed by atoms with E-state index in [1.54, 1.807) is 27.4 Å². The third-order valence-electron chi connectivity index (χ3n) is 8.60. The summed E-state index contributed by atoms with van der Waals surface area (Å²) in [5, 5.41) is 3.09. The number of ether oxygens (including phenoxy) is 3. The fraction of sp³-hybridized carbons (Fsp3) is 0.533. The van der Waals surface area contributed by atoms with Crippen molar-refractivity contribution in [3.63, 3.8) is 0 Å². The van der Waals surface area contributed by atoms with Gasteiger partial charge in [-0.25, -0.2) is 0 Å². The van der Waals surface area contributed by atoms with Crippen LogP contribution < -0.4 is 29.9 Å². The van der Waals surface area contributed by atoms with Crippen LogP contribution in [0.25, 0.3) is 11.1 Å². The van der Waals surface area contributed by atoms with Crippen LogP contribution in [0.2, 0.25) is 0 Å². The van der Waals surface area contributed by atoms with Gasteiger partial charge in [0.1, 0.15) is 0 Å². The smallest absolute Gasteiger partial charge is 0.217 e. The molecule has 2 fully saturated rings. The van der Waals surface area contributed by atoms with Gasteiger partial charge in [-0.2, -0.15) is 0 Å². The van der Waals surface area contributed by atoms with E-state index in [1.807, 2.05) is 18.2 Å². The Balaban J connectivity index is 1.75. The molecule has 0 aromatic heterocycles. The first-order valence-corrected chi connectivity index (χ1v) is 13.1. The number of hydrogen-bond donors (Lipinski definition) is 1. The summed E-state index contributed by atoms with van der Waals surface area (Å²) in [7, 11) is 4.81. The molecule has 0 radical (unpaired) electrons. The summed E-state index contributed by atoms with van der Waals surface area (Å²) in [6, 6.07) is 7.73. The molecule has 2 aromatic rings. The maximum absolute atomic E-state index is 13.9. The number of amides is 1. The molecule has 3 atom stereocenters. The van der Waals surface area contributed by atoms with E-state index in [9.17, 15) is 9.59 Å². The Hall–Kier alpha value is -3.22. The third-order valence-corrected chi connectivity index (χ3v) is 8.60. The van der Waals surface area contributed by atoms with Gasteiger partial charge in [-0.1, -0.05) is 26.8 Å². The summed E-state index contributed by atoms with van der Waals surface area (Å²) in [5.41, 5.74) is 4.61. The number of piperidine rings is 1. The minimum atomic E-state index is -0.307. The third kappa shape index (κ3) is 4.12. The molecule has 2 unspecified atom stereocenters. The van der Waals surface area contributed by atoms with Crippen molar-refractivity contribution in [1.82, 2.24) is 5.32 Å². The van der Waals surface area contributed by atoms with E-state index < -0.39 is 0 Å². The van der Waals surface area contributed by atoms with E-state index >= 15 is 0 Å². The zero-order valence-corrected chi connectivity index (χ0v) is 23.0. The van der Waals surface area contributed by atoms with Crippen molar-refractivity contribution in [2.45, 2.75) is 65.5 Å². The number of methoxy groups -OCH3 is 3. The van der Waals surface area contributed by atoms with Gasteiger partial charge in [0.15, 0.2) is 11.5 Å². The molecule has 1 N–H and O–H groups in total. The van der Waals surface area contributed by atoms with Crippen LogP contribution >= 0.6 is 0 Å². The van der Waals surface area contributed by atoms with Crippen LogP contribution in [0.1, 0.15) is 64.1 Å². The monoisotopic (exact) mass is 506 g/mol. The molecule has 2 aromatic carbocycles. The number of carbonyl (C=O) groups excluding carboxylic acids is 1. The zero-order valence-electron chi connectivity index (χ0n) is 23.0. The average Bonchev–Trinajstić information content (AvgIpc) is 3.17. The molecule has 198 valence electrons. The van der Waals surface area contributed by atoms with Gasteiger partial charge in [0.05, 0.1) is 33.1 Å². The molecular formula is C30H38N2O5. The first-order chi connectivity index (χ1) is 17.5. The molecular weight excluding hydrogens is 468 g/mol. The number of carbonyl (C=O) groups is 1. The van der Waals surface area contributed by atoms with Gasteiger partial charge in [0.2, 0.25) is 17.1 Å². The highest BCUT2D eigenvalue weighted by atomic mass is 16.5. The van der Waals surface area contributed by atoms with Crippen LogP contribution in [0.3, 0.4) is 0 Å². The Morgan fingerprint density at radius 3 is 2.38 bits per heavy atom. The molecule has 2 bridgehead atoms. The number of nitrogens with one attached hydrogen (secondary N) is 1. The standard InChI is InChI=1S/C30H38N2O5/c1-17(33)31-21-10-8-18-12-24(35-5)27(36-6)28(37-7)26(18)19-9-11-22(23(34)13-20(19)21)32-16-30(4)14-25(32)29(2,3)15-30/h9,11-13,21,25H,8,10,14-16H2,1-7H3,(H,31,33)/t21-,25?,30?/m0/s1. The molecule has 3 aliphatic rings. The van der Waals surface area contributed by atoms with Gasteiger partial charge in [0, 0.05) is 25.1 Å². The Morgan fingerprint density at radius 1 is 1.05 bits per heavy atom. The first kappa shape index (κ1) is 25.4. The summed E-state index contributed by atoms with van der Waals surface area (Å²) in [6.45, 7) is 9.35. The number of rotatable bonds is 5. The van der Waals surface area contributed by atoms with Crippen molar-refractivity contribution in [2.75, 3.05) is 32.8 Å². The lowest BCUT2D eigenvalue weighted by molar-refractivity contribution is -0.119. The Morgan fingerprint density at radius 2 is 1.78 bits per heavy atom. The number of hydrogen-bond acceptors (Lipinski definition) is 6. The van der Waals surface area contributed by atoms with E-state index in [4.69, 9.17) is 14.2 Å². The SMILES string of the molecule is COc1cc2c(c(OC)c1OC)-c1ccc(N3CC4(C)CC3C(C)(C)C4)c(=O)cc1[C@@H](NC(C)=O)CC2. The quantitative estimate of drug-likeness (QED) is 0.623. The second-order valence-corrected chi connectivity index (χ2v) is 11.9. The highest BCUT2D eigenvalue weighted by molar-refractivity contribution is 5.84. The number of nitrogens with zero attached hydrogens (tertiary/aromatic N) is 1. The van der Waals surface area contributed by atoms with Crippen LogP contribution in [0.4, 0.5) is 5.69 Å². The van der Waals surface area contributed by atoms with E-state index in [0.717, 1.165) is 40.9 Å². The van der Waals surface area contributed by atoms with E-state index in [2.05, 4.69) is 31.0 Å². The van der Waals surface area contributed by atoms with E-state index in [0.29, 0.717) is 36.1 Å². The first-order valence-electron chi connectivity index (χ1n) is 13.1. The maximum Gasteiger partial charge on any atom is 0.217 e. The lowest BCUT2D eigenvalue weighted by atomic mass is 9.79. The number of aryl methyl sites for hydroxylation is 1. The van der Waals surface area contributed by atoms with Crippen LogP contribution in [0.15, 0.2) is 29.1 Å². The topological polar surface area (TPSA) is 77.1 Å². The predicted molar refractivity (Wildman–Crippen MR) is 145 cm³/mol. The van der Waals surface area contributed by atoms with Gasteiger partial charge in [-0.3, -0.25) is 9.59 Å². The fourth-order valence-electron chi connectivity index (χ4n) is 7.40. The van der Waals surface area contributed by atoms with Crippen LogP contribution in [0, 0.1) is 10.8 Å². The summed E-state index contributed by atoms with van der Waals surface area (Å²) in [6.07, 6.45) is 3.59. The van der Waals surface area contributed by atoms with Crippen molar-refractivity contribution in [3.05, 3.63) is 45.6 Å². The zero-order chi connectivity index (χ0) is 26.7. The Kier molecular flexibility index (Phi) is 6.16. The molecule has 37 heavy (non-hydrogen) atoms. The van der Waals surface area contributed by atoms with Gasteiger partial charge in [-0.15, -0.1) is 0 Å². The highest BCUT2D eigenvalue weighted by Crippen LogP contribution is 2.57. The number of benzene rings is 1. The van der Waals surface area contributed by atoms with Gasteiger partial charge in [0.25, 0.3) is 0 Å². The molecule has 7 heteroatoms. The minimum Gasteiger partial charge on any atom is -0.493 e. The molecule has 2 aliphatic carbocycles. The van der Waals surface area contributed by atoms with E-state index in [-0.39, 0.29) is 28.2 Å². The second kappa shape index (κ2) is 8.96. The molecule has 1 heterocycles. The van der Waals surface area contributed by atoms with Crippen molar-refractivity contribution in [2.24, 2.45) is 10.8 Å². The minimum absolute atomic E-state index is 0.0218. The van der Waals surface area contributed by atoms with Crippen LogP contribution in [-0.4, -0.2) is 39.8 Å². The second-order valence-electron chi connectivity index (χ2n) is 11.9. The van der Waals surface area contributed by atoms with Gasteiger partial charge >= 0.3 is 0 Å². The molecule has 5 rings (SSSR count). The lowest BCUT2D eigenvalue weighted by Gasteiger charge is -2.42. The van der Waals surface area contributed by atoms with Gasteiger partial charge in [-0.05, 0) is 71.4 Å². The summed E-state index contributed by atoms with van der Waals surface area (Å²) >= 11 is 0. The molecule has 0 spiro atoms. The van der Waals surface area contributed by atoms with Crippen molar-refractivity contribution in [3.8, 4) is 28.4 Å². The van der Waals surface area contributed by atoms with Crippen molar-refractivity contribution >= 4 is 11.6 Å². The summed E-state index contributed by atoms with van der Waals surface area (Å²) < 4.78 is 17.2. The predicted octanol–water partition coefficient (Wildman–Crippen LogP) is 4.88. The summed E-state index contributed by atoms with van der Waals surface area (Å²) in [4.78, 5) is 28.4. The normalized spacial score (nSPS) is 25.1.